The van der Waals surface area contributed by atoms with Gasteiger partial charge < -0.3 is 10.1 Å². The Morgan fingerprint density at radius 2 is 1.58 bits per heavy atom. The van der Waals surface area contributed by atoms with Crippen molar-refractivity contribution in [3.8, 4) is 6.07 Å². The van der Waals surface area contributed by atoms with Crippen molar-refractivity contribution < 1.29 is 9.53 Å². The number of carbonyl (C=O) groups excluding carboxylic acids is 1. The van der Waals surface area contributed by atoms with Crippen molar-refractivity contribution in [3.63, 3.8) is 0 Å². The predicted octanol–water partition coefficient (Wildman–Crippen LogP) is 3.77. The molecule has 0 spiro atoms. The predicted molar refractivity (Wildman–Crippen MR) is 104 cm³/mol. The molecule has 26 heavy (non-hydrogen) atoms. The summed E-state index contributed by atoms with van der Waals surface area (Å²) < 4.78 is 5.80. The molecule has 0 amide bonds. The molecule has 1 N–H and O–H groups in total. The second-order valence-corrected chi connectivity index (χ2v) is 10.8. The van der Waals surface area contributed by atoms with Gasteiger partial charge in [0.15, 0.2) is 0 Å². The van der Waals surface area contributed by atoms with E-state index in [1.54, 1.807) is 0 Å². The minimum atomic E-state index is -0.654. The Morgan fingerprint density at radius 1 is 1.12 bits per heavy atom. The van der Waals surface area contributed by atoms with E-state index in [0.717, 1.165) is 12.8 Å². The second-order valence-electron chi connectivity index (χ2n) is 10.8. The quantitative estimate of drug-likeness (QED) is 0.595. The zero-order valence-electron chi connectivity index (χ0n) is 18.1. The maximum atomic E-state index is 12.5. The van der Waals surface area contributed by atoms with Crippen LogP contribution in [0, 0.1) is 11.3 Å². The lowest BCUT2D eigenvalue weighted by Crippen LogP contribution is -2.59. The van der Waals surface area contributed by atoms with Crippen LogP contribution in [0.1, 0.15) is 88.0 Å². The summed E-state index contributed by atoms with van der Waals surface area (Å²) in [4.78, 5) is 14.7. The lowest BCUT2D eigenvalue weighted by molar-refractivity contribution is -0.153. The molecule has 0 aromatic rings. The first-order valence-corrected chi connectivity index (χ1v) is 9.77. The van der Waals surface area contributed by atoms with E-state index in [1.165, 1.54) is 0 Å². The molecule has 2 rings (SSSR count). The molecule has 5 heteroatoms. The average molecular weight is 364 g/mol. The average Bonchev–Trinajstić information content (AvgIpc) is 2.83. The Bertz CT molecular complexity index is 585. The highest BCUT2D eigenvalue weighted by Gasteiger charge is 2.68. The third kappa shape index (κ3) is 3.92. The number of ether oxygens (including phenoxy) is 1. The fraction of sp³-hybridized carbons (Fsp3) is 0.905. The van der Waals surface area contributed by atoms with E-state index in [1.807, 2.05) is 6.92 Å². The van der Waals surface area contributed by atoms with E-state index in [0.29, 0.717) is 6.42 Å². The van der Waals surface area contributed by atoms with Gasteiger partial charge in [-0.2, -0.15) is 5.26 Å². The van der Waals surface area contributed by atoms with Gasteiger partial charge in [0, 0.05) is 41.4 Å². The summed E-state index contributed by atoms with van der Waals surface area (Å²) in [6.07, 6.45) is 2.31. The van der Waals surface area contributed by atoms with E-state index in [2.05, 4.69) is 71.7 Å². The highest BCUT2D eigenvalue weighted by molar-refractivity contribution is 5.70. The molecule has 0 radical (unpaired) electrons. The Balaban J connectivity index is 1.95. The van der Waals surface area contributed by atoms with Gasteiger partial charge in [-0.25, -0.2) is 0 Å². The summed E-state index contributed by atoms with van der Waals surface area (Å²) in [5.41, 5.74) is -0.836. The molecule has 5 nitrogen and oxygen atoms in total. The van der Waals surface area contributed by atoms with E-state index in [4.69, 9.17) is 4.74 Å². The Hall–Kier alpha value is -1.12. The summed E-state index contributed by atoms with van der Waals surface area (Å²) in [6, 6.07) is 2.44. The van der Waals surface area contributed by atoms with Crippen molar-refractivity contribution in [1.82, 2.24) is 10.2 Å². The lowest BCUT2D eigenvalue weighted by Gasteiger charge is -2.45. The second kappa shape index (κ2) is 6.21. The normalized spacial score (nSPS) is 28.6. The monoisotopic (exact) mass is 363 g/mol. The summed E-state index contributed by atoms with van der Waals surface area (Å²) in [5.74, 6) is -0.192. The van der Waals surface area contributed by atoms with Gasteiger partial charge in [-0.3, -0.25) is 9.69 Å². The minimum absolute atomic E-state index is 0.0372. The standard InChI is InChI=1S/C21H37N3O2/c1-17(2)12-15(13-18(3,4)23-17)26-16(25)10-11-21(9,14-22)24-19(5,6)20(24,7)8/h15,23H,10-13H2,1-9H3. The van der Waals surface area contributed by atoms with Crippen molar-refractivity contribution >= 4 is 5.97 Å². The number of hydrogen-bond acceptors (Lipinski definition) is 5. The molecule has 2 saturated heterocycles. The van der Waals surface area contributed by atoms with Crippen molar-refractivity contribution in [2.45, 2.75) is 122 Å². The van der Waals surface area contributed by atoms with E-state index >= 15 is 0 Å². The first-order valence-electron chi connectivity index (χ1n) is 9.77. The van der Waals surface area contributed by atoms with Crippen LogP contribution in [0.5, 0.6) is 0 Å². The smallest absolute Gasteiger partial charge is 0.306 e. The highest BCUT2D eigenvalue weighted by Crippen LogP contribution is 2.56. The number of carbonyl (C=O) groups is 1. The summed E-state index contributed by atoms with van der Waals surface area (Å²) in [6.45, 7) is 19.1. The van der Waals surface area contributed by atoms with Crippen LogP contribution in [-0.2, 0) is 9.53 Å². The molecular weight excluding hydrogens is 326 g/mol. The molecule has 1 unspecified atom stereocenters. The van der Waals surface area contributed by atoms with Crippen LogP contribution in [0.4, 0.5) is 0 Å². The molecule has 2 fully saturated rings. The van der Waals surface area contributed by atoms with Gasteiger partial charge in [0.1, 0.15) is 11.6 Å². The van der Waals surface area contributed by atoms with Crippen LogP contribution in [0.3, 0.4) is 0 Å². The van der Waals surface area contributed by atoms with Gasteiger partial charge in [-0.05, 0) is 68.7 Å². The zero-order valence-corrected chi connectivity index (χ0v) is 18.1. The number of esters is 1. The lowest BCUT2D eigenvalue weighted by atomic mass is 9.81. The summed E-state index contributed by atoms with van der Waals surface area (Å²) in [7, 11) is 0. The van der Waals surface area contributed by atoms with Crippen molar-refractivity contribution in [2.75, 3.05) is 0 Å². The summed E-state index contributed by atoms with van der Waals surface area (Å²) in [5, 5.41) is 13.4. The molecule has 1 atom stereocenters. The van der Waals surface area contributed by atoms with Crippen LogP contribution in [0.25, 0.3) is 0 Å². The van der Waals surface area contributed by atoms with Crippen LogP contribution in [0.15, 0.2) is 0 Å². The van der Waals surface area contributed by atoms with E-state index in [-0.39, 0.29) is 40.6 Å². The van der Waals surface area contributed by atoms with Crippen molar-refractivity contribution in [1.29, 1.82) is 5.26 Å². The first kappa shape index (κ1) is 21.2. The molecule has 2 heterocycles. The van der Waals surface area contributed by atoms with Gasteiger partial charge in [-0.15, -0.1) is 0 Å². The maximum Gasteiger partial charge on any atom is 0.306 e. The molecule has 148 valence electrons. The van der Waals surface area contributed by atoms with Gasteiger partial charge in [0.25, 0.3) is 0 Å². The van der Waals surface area contributed by atoms with Gasteiger partial charge in [0.05, 0.1) is 6.07 Å². The SMILES string of the molecule is CC1(C)CC(OC(=O)CCC(C)(C#N)N2C(C)(C)C2(C)C)CC(C)(C)N1. The number of nitrogens with one attached hydrogen (secondary N) is 1. The molecule has 2 aliphatic heterocycles. The van der Waals surface area contributed by atoms with Crippen molar-refractivity contribution in [2.24, 2.45) is 0 Å². The minimum Gasteiger partial charge on any atom is -0.462 e. The topological polar surface area (TPSA) is 65.1 Å². The highest BCUT2D eigenvalue weighted by atomic mass is 16.5. The molecule has 0 aromatic carbocycles. The zero-order chi connectivity index (χ0) is 20.2. The fourth-order valence-corrected chi connectivity index (χ4v) is 5.27. The number of piperidine rings is 1. The fourth-order valence-electron chi connectivity index (χ4n) is 5.27. The van der Waals surface area contributed by atoms with Crippen LogP contribution < -0.4 is 5.32 Å². The van der Waals surface area contributed by atoms with Gasteiger partial charge in [-0.1, -0.05) is 0 Å². The Kier molecular flexibility index (Phi) is 5.06. The Labute approximate surface area is 159 Å². The third-order valence-electron chi connectivity index (χ3n) is 6.57. The largest absolute Gasteiger partial charge is 0.462 e. The Morgan fingerprint density at radius 3 is 1.96 bits per heavy atom. The van der Waals surface area contributed by atoms with E-state index < -0.39 is 5.54 Å². The molecular formula is C21H37N3O2. The van der Waals surface area contributed by atoms with Gasteiger partial charge in [0.2, 0.25) is 0 Å². The third-order valence-corrected chi connectivity index (χ3v) is 6.57. The summed E-state index contributed by atoms with van der Waals surface area (Å²) >= 11 is 0. The van der Waals surface area contributed by atoms with Gasteiger partial charge >= 0.3 is 5.97 Å². The number of hydrogen-bond donors (Lipinski definition) is 1. The molecule has 0 aromatic heterocycles. The number of nitriles is 1. The van der Waals surface area contributed by atoms with Crippen molar-refractivity contribution in [3.05, 3.63) is 0 Å². The molecule has 0 saturated carbocycles. The molecule has 2 aliphatic rings. The van der Waals surface area contributed by atoms with E-state index in [9.17, 15) is 10.1 Å². The molecule has 0 bridgehead atoms. The van der Waals surface area contributed by atoms with Crippen LogP contribution in [-0.4, -0.2) is 44.7 Å². The first-order chi connectivity index (χ1) is 11.6. The molecule has 0 aliphatic carbocycles. The van der Waals surface area contributed by atoms with Crippen LogP contribution in [0.2, 0.25) is 0 Å². The number of nitrogens with zero attached hydrogens (tertiary/aromatic N) is 2. The maximum absolute atomic E-state index is 12.5. The van der Waals surface area contributed by atoms with Crippen LogP contribution >= 0.6 is 0 Å². The number of rotatable bonds is 5.